The Kier molecular flexibility index (Phi) is 10.9. The number of hydrogen-bond donors (Lipinski definition) is 6. The molecule has 8 rings (SSSR count). The molecule has 4 aromatic rings. The fourth-order valence-electron chi connectivity index (χ4n) is 7.56. The highest BCUT2D eigenvalue weighted by Crippen LogP contribution is 2.54. The lowest BCUT2D eigenvalue weighted by molar-refractivity contribution is -0.0670. The monoisotopic (exact) mass is 1000 g/mol. The summed E-state index contributed by atoms with van der Waals surface area (Å²) in [5.41, 5.74) is 9.54. The van der Waals surface area contributed by atoms with E-state index in [-0.39, 0.29) is 82.9 Å². The molecule has 4 aliphatic rings. The zero-order valence-corrected chi connectivity index (χ0v) is 36.5. The number of rotatable bonds is 10. The van der Waals surface area contributed by atoms with Gasteiger partial charge in [0.25, 0.3) is 11.1 Å². The van der Waals surface area contributed by atoms with Crippen molar-refractivity contribution >= 4 is 81.7 Å². The highest BCUT2D eigenvalue weighted by atomic mass is 79.9. The van der Waals surface area contributed by atoms with Gasteiger partial charge in [-0.25, -0.2) is 19.1 Å². The molecule has 10 atom stereocenters. The molecule has 25 nitrogen and oxygen atoms in total. The number of aliphatic hydroxyl groups is 2. The number of imidazole rings is 2. The fraction of sp³-hybridized carbons (Fsp3) is 0.667. The molecule has 0 amide bonds. The number of ether oxygens (including phenoxy) is 3. The van der Waals surface area contributed by atoms with Gasteiger partial charge in [0.1, 0.15) is 36.6 Å². The maximum atomic E-state index is 13.9. The van der Waals surface area contributed by atoms with Crippen molar-refractivity contribution in [2.24, 2.45) is 0 Å². The molecule has 0 saturated carbocycles. The van der Waals surface area contributed by atoms with Crippen LogP contribution in [0, 0.1) is 0 Å². The zero-order chi connectivity index (χ0) is 42.7. The van der Waals surface area contributed by atoms with Gasteiger partial charge in [-0.05, 0) is 72.4 Å². The number of halogens is 2. The van der Waals surface area contributed by atoms with Crippen LogP contribution in [-0.4, -0.2) is 120 Å². The fourth-order valence-corrected chi connectivity index (χ4v) is 10.6. The van der Waals surface area contributed by atoms with Crippen molar-refractivity contribution in [1.29, 1.82) is 0 Å². The standard InChI is InChI=1S/C30H40Br2N10O15P2/c1-29(2,42-22(46)14-20(38-28(42)34)41(26(32)36-14)24-16(44)18-12(55-24)10-53-59(49,50)57-18)6-8-51-30(3,4)5-7-39-21(45)13-19(37-27(39)33)40(25(31)35-13)23-15(43)17-11(54-23)9-52-58(47,48)56-17/h11-12,15-18,23-24,43-44H,5-10H2,1-4H3,(H2,33,37)(H2,34,38)(H,47,48)(H,49,50)/t11?,12?,15?,16-,17+,18+,23+,24+/m0/s1. The summed E-state index contributed by atoms with van der Waals surface area (Å²) in [6, 6.07) is 0. The van der Waals surface area contributed by atoms with Crippen LogP contribution in [-0.2, 0) is 53.5 Å². The first kappa shape index (κ1) is 42.9. The van der Waals surface area contributed by atoms with Crippen molar-refractivity contribution in [3.05, 3.63) is 30.2 Å². The van der Waals surface area contributed by atoms with E-state index in [0.29, 0.717) is 0 Å². The molecule has 4 saturated heterocycles. The average Bonchev–Trinajstić information content (AvgIpc) is 3.83. The molecule has 0 bridgehead atoms. The van der Waals surface area contributed by atoms with Gasteiger partial charge in [0, 0.05) is 18.7 Å². The van der Waals surface area contributed by atoms with E-state index in [9.17, 15) is 38.7 Å². The van der Waals surface area contributed by atoms with Crippen molar-refractivity contribution in [3.63, 3.8) is 0 Å². The van der Waals surface area contributed by atoms with Crippen molar-refractivity contribution in [3.8, 4) is 0 Å². The predicted molar refractivity (Wildman–Crippen MR) is 208 cm³/mol. The maximum absolute atomic E-state index is 13.9. The van der Waals surface area contributed by atoms with Gasteiger partial charge in [-0.15, -0.1) is 0 Å². The number of phosphoric acid groups is 2. The summed E-state index contributed by atoms with van der Waals surface area (Å²) in [7, 11) is -8.77. The topological polar surface area (TPSA) is 337 Å². The Hall–Kier alpha value is -2.72. The second kappa shape index (κ2) is 15.0. The van der Waals surface area contributed by atoms with Crippen LogP contribution in [0.5, 0.6) is 0 Å². The van der Waals surface area contributed by atoms with E-state index in [1.54, 1.807) is 13.8 Å². The lowest BCUT2D eigenvalue weighted by Crippen LogP contribution is -2.40. The Morgan fingerprint density at radius 1 is 0.780 bits per heavy atom. The van der Waals surface area contributed by atoms with Crippen LogP contribution in [0.25, 0.3) is 22.3 Å². The van der Waals surface area contributed by atoms with Crippen LogP contribution in [0.3, 0.4) is 0 Å². The van der Waals surface area contributed by atoms with Crippen LogP contribution in [0.15, 0.2) is 19.1 Å². The first-order valence-electron chi connectivity index (χ1n) is 18.0. The number of phosphoric ester groups is 2. The summed E-state index contributed by atoms with van der Waals surface area (Å²) < 4.78 is 66.9. The minimum atomic E-state index is -4.39. The third kappa shape index (κ3) is 7.64. The van der Waals surface area contributed by atoms with E-state index in [2.05, 4.69) is 51.8 Å². The average molecular weight is 1000 g/mol. The number of hydrogen-bond acceptors (Lipinski definition) is 19. The molecule has 324 valence electrons. The molecule has 0 aromatic carbocycles. The molecule has 8 heterocycles. The van der Waals surface area contributed by atoms with Gasteiger partial charge >= 0.3 is 15.6 Å². The van der Waals surface area contributed by atoms with E-state index in [0.717, 1.165) is 0 Å². The molecule has 0 aliphatic carbocycles. The summed E-state index contributed by atoms with van der Waals surface area (Å²) >= 11 is 6.61. The molecule has 0 spiro atoms. The van der Waals surface area contributed by atoms with E-state index in [1.807, 2.05) is 13.8 Å². The molecular weight excluding hydrogens is 962 g/mol. The number of aliphatic hydroxyl groups excluding tert-OH is 2. The first-order valence-corrected chi connectivity index (χ1v) is 22.6. The van der Waals surface area contributed by atoms with E-state index < -0.39 is 87.0 Å². The third-order valence-electron chi connectivity index (χ3n) is 10.7. The Labute approximate surface area is 349 Å². The van der Waals surface area contributed by atoms with E-state index in [1.165, 1.54) is 18.3 Å². The van der Waals surface area contributed by atoms with Gasteiger partial charge in [-0.3, -0.25) is 46.0 Å². The first-order chi connectivity index (χ1) is 27.5. The SMILES string of the molecule is CC(C)(CCn1c(N)nc2c(nc(Br)n2[C@@H]2OC3COP(=O)(O)O[C@H]3C2O)c1=O)OCCC(C)(C)n1c(N)nc2c(nc(Br)n2[C@@H]2OC3COP(=O)(O)O[C@H]3[C@@H]2O)c1=O. The largest absolute Gasteiger partial charge is 0.472 e. The lowest BCUT2D eigenvalue weighted by Gasteiger charge is -2.31. The van der Waals surface area contributed by atoms with Gasteiger partial charge in [0.05, 0.1) is 18.8 Å². The van der Waals surface area contributed by atoms with Gasteiger partial charge in [-0.2, -0.15) is 9.97 Å². The van der Waals surface area contributed by atoms with Crippen molar-refractivity contribution in [2.45, 2.75) is 107 Å². The number of aromatic nitrogens is 8. The van der Waals surface area contributed by atoms with E-state index >= 15 is 0 Å². The molecule has 29 heteroatoms. The number of nitrogen functional groups attached to an aromatic ring is 2. The molecule has 5 unspecified atom stereocenters. The molecular formula is C30H40Br2N10O15P2. The van der Waals surface area contributed by atoms with Crippen molar-refractivity contribution in [1.82, 2.24) is 38.2 Å². The van der Waals surface area contributed by atoms with Crippen LogP contribution in [0.2, 0.25) is 0 Å². The minimum absolute atomic E-state index is 0.00233. The summed E-state index contributed by atoms with van der Waals surface area (Å²) in [6.07, 6.45) is -8.93. The Morgan fingerprint density at radius 2 is 1.25 bits per heavy atom. The van der Waals surface area contributed by atoms with Crippen LogP contribution in [0.4, 0.5) is 11.9 Å². The Bertz CT molecular complexity index is 2570. The van der Waals surface area contributed by atoms with Crippen molar-refractivity contribution in [2.75, 3.05) is 31.3 Å². The lowest BCUT2D eigenvalue weighted by atomic mass is 10.00. The number of nitrogens with zero attached hydrogens (tertiary/aromatic N) is 8. The Morgan fingerprint density at radius 3 is 1.76 bits per heavy atom. The van der Waals surface area contributed by atoms with Gasteiger partial charge < -0.3 is 45.7 Å². The number of anilines is 2. The summed E-state index contributed by atoms with van der Waals surface area (Å²) in [5.74, 6) is -0.322. The summed E-state index contributed by atoms with van der Waals surface area (Å²) in [5, 5.41) is 22.0. The van der Waals surface area contributed by atoms with Gasteiger partial charge in [-0.1, -0.05) is 0 Å². The molecule has 4 aliphatic heterocycles. The predicted octanol–water partition coefficient (Wildman–Crippen LogP) is 0.748. The van der Waals surface area contributed by atoms with Crippen LogP contribution in [0.1, 0.15) is 53.0 Å². The zero-order valence-electron chi connectivity index (χ0n) is 31.5. The third-order valence-corrected chi connectivity index (χ3v) is 13.8. The van der Waals surface area contributed by atoms with Crippen molar-refractivity contribution < 1.29 is 61.4 Å². The van der Waals surface area contributed by atoms with Crippen LogP contribution < -0.4 is 22.6 Å². The number of fused-ring (bicyclic) bond motifs is 4. The molecule has 4 aromatic heterocycles. The van der Waals surface area contributed by atoms with Crippen LogP contribution >= 0.6 is 47.5 Å². The summed E-state index contributed by atoms with van der Waals surface area (Å²) in [4.78, 5) is 64.6. The molecule has 59 heavy (non-hydrogen) atoms. The highest BCUT2D eigenvalue weighted by Gasteiger charge is 2.54. The second-order valence-corrected chi connectivity index (χ2v) is 19.8. The van der Waals surface area contributed by atoms with Gasteiger partial charge in [0.15, 0.2) is 44.3 Å². The van der Waals surface area contributed by atoms with Gasteiger partial charge in [0.2, 0.25) is 11.9 Å². The Balaban J connectivity index is 0.946. The normalized spacial score (nSPS) is 32.6. The highest BCUT2D eigenvalue weighted by molar-refractivity contribution is 9.10. The number of nitrogens with two attached hydrogens (primary N) is 2. The maximum Gasteiger partial charge on any atom is 0.472 e. The second-order valence-electron chi connectivity index (χ2n) is 15.6. The van der Waals surface area contributed by atoms with E-state index in [4.69, 9.17) is 43.8 Å². The summed E-state index contributed by atoms with van der Waals surface area (Å²) in [6.45, 7) is 6.76. The molecule has 0 radical (unpaired) electrons. The minimum Gasteiger partial charge on any atom is -0.386 e. The quantitative estimate of drug-likeness (QED) is 0.0943. The smallest absolute Gasteiger partial charge is 0.386 e. The molecule has 4 fully saturated rings. The molecule has 8 N–H and O–H groups in total.